The number of rotatable bonds is 3. The van der Waals surface area contributed by atoms with Crippen LogP contribution < -0.4 is 16.4 Å². The number of aliphatic imine (C=N–C) groups is 1. The fourth-order valence-corrected chi connectivity index (χ4v) is 2.17. The van der Waals surface area contributed by atoms with Gasteiger partial charge in [-0.1, -0.05) is 0 Å². The third-order valence-electron chi connectivity index (χ3n) is 3.27. The number of primary amides is 1. The molecule has 1 aliphatic rings. The van der Waals surface area contributed by atoms with Crippen molar-refractivity contribution in [3.63, 3.8) is 0 Å². The zero-order valence-corrected chi connectivity index (χ0v) is 10.1. The normalized spacial score (nSPS) is 26.2. The maximum atomic E-state index is 11.0. The molecule has 1 amide bonds. The highest BCUT2D eigenvalue weighted by molar-refractivity contribution is 5.79. The van der Waals surface area contributed by atoms with Crippen molar-refractivity contribution in [2.75, 3.05) is 20.6 Å². The molecule has 0 bridgehead atoms. The van der Waals surface area contributed by atoms with E-state index in [0.29, 0.717) is 5.92 Å². The van der Waals surface area contributed by atoms with Crippen molar-refractivity contribution >= 4 is 11.9 Å². The monoisotopic (exact) mass is 226 g/mol. The van der Waals surface area contributed by atoms with Crippen molar-refractivity contribution in [2.24, 2.45) is 22.6 Å². The summed E-state index contributed by atoms with van der Waals surface area (Å²) < 4.78 is 0. The predicted octanol–water partition coefficient (Wildman–Crippen LogP) is 0.0729. The van der Waals surface area contributed by atoms with E-state index in [4.69, 9.17) is 5.73 Å². The number of nitrogens with one attached hydrogen (secondary N) is 2. The van der Waals surface area contributed by atoms with Gasteiger partial charge in [-0.3, -0.25) is 9.79 Å². The van der Waals surface area contributed by atoms with Gasteiger partial charge < -0.3 is 16.4 Å². The van der Waals surface area contributed by atoms with E-state index in [9.17, 15) is 4.79 Å². The molecule has 1 aliphatic carbocycles. The fourth-order valence-electron chi connectivity index (χ4n) is 2.17. The van der Waals surface area contributed by atoms with Crippen molar-refractivity contribution in [3.8, 4) is 0 Å². The molecule has 0 aromatic carbocycles. The average Bonchev–Trinajstić information content (AvgIpc) is 2.31. The first-order valence-corrected chi connectivity index (χ1v) is 5.85. The highest BCUT2D eigenvalue weighted by Crippen LogP contribution is 2.27. The Labute approximate surface area is 96.9 Å². The second-order valence-electron chi connectivity index (χ2n) is 4.32. The molecule has 92 valence electrons. The number of guanidine groups is 1. The molecule has 0 heterocycles. The maximum absolute atomic E-state index is 11.0. The maximum Gasteiger partial charge on any atom is 0.220 e. The Morgan fingerprint density at radius 1 is 1.38 bits per heavy atom. The van der Waals surface area contributed by atoms with Crippen LogP contribution in [0.1, 0.15) is 25.7 Å². The Morgan fingerprint density at radius 2 is 2.00 bits per heavy atom. The number of nitrogens with two attached hydrogens (primary N) is 1. The van der Waals surface area contributed by atoms with Gasteiger partial charge in [-0.25, -0.2) is 0 Å². The molecule has 1 saturated carbocycles. The molecule has 5 heteroatoms. The zero-order chi connectivity index (χ0) is 12.0. The van der Waals surface area contributed by atoms with Crippen LogP contribution in [0.2, 0.25) is 0 Å². The van der Waals surface area contributed by atoms with Gasteiger partial charge in [-0.05, 0) is 31.6 Å². The highest BCUT2D eigenvalue weighted by Gasteiger charge is 2.24. The van der Waals surface area contributed by atoms with Gasteiger partial charge in [0, 0.05) is 26.6 Å². The molecule has 0 atom stereocenters. The highest BCUT2D eigenvalue weighted by atomic mass is 16.1. The fraction of sp³-hybridized carbons (Fsp3) is 0.818. The molecule has 4 N–H and O–H groups in total. The van der Waals surface area contributed by atoms with Crippen LogP contribution in [0.25, 0.3) is 0 Å². The summed E-state index contributed by atoms with van der Waals surface area (Å²) in [5, 5.41) is 6.24. The molecule has 1 fully saturated rings. The van der Waals surface area contributed by atoms with Gasteiger partial charge in [-0.2, -0.15) is 0 Å². The molecule has 0 radical (unpaired) electrons. The van der Waals surface area contributed by atoms with Crippen molar-refractivity contribution in [1.82, 2.24) is 10.6 Å². The molecule has 0 aromatic rings. The minimum atomic E-state index is -0.141. The standard InChI is InChI=1S/C11H22N4O/c1-13-11(14-2)15-7-8-3-5-9(6-4-8)10(12)16/h8-9H,3-7H2,1-2H3,(H2,12,16)(H2,13,14,15). The summed E-state index contributed by atoms with van der Waals surface area (Å²) in [6.07, 6.45) is 4.00. The van der Waals surface area contributed by atoms with E-state index in [2.05, 4.69) is 15.6 Å². The Morgan fingerprint density at radius 3 is 2.44 bits per heavy atom. The summed E-state index contributed by atoms with van der Waals surface area (Å²) in [6.45, 7) is 0.916. The lowest BCUT2D eigenvalue weighted by atomic mass is 9.82. The van der Waals surface area contributed by atoms with Gasteiger partial charge in [0.1, 0.15) is 0 Å². The van der Waals surface area contributed by atoms with Crippen molar-refractivity contribution in [2.45, 2.75) is 25.7 Å². The van der Waals surface area contributed by atoms with E-state index < -0.39 is 0 Å². The lowest BCUT2D eigenvalue weighted by Crippen LogP contribution is -2.39. The molecule has 0 spiro atoms. The van der Waals surface area contributed by atoms with E-state index in [1.807, 2.05) is 7.05 Å². The molecular weight excluding hydrogens is 204 g/mol. The van der Waals surface area contributed by atoms with Crippen LogP contribution in [0.15, 0.2) is 4.99 Å². The summed E-state index contributed by atoms with van der Waals surface area (Å²) >= 11 is 0. The molecule has 16 heavy (non-hydrogen) atoms. The van der Waals surface area contributed by atoms with Gasteiger partial charge in [0.05, 0.1) is 0 Å². The van der Waals surface area contributed by atoms with Gasteiger partial charge in [-0.15, -0.1) is 0 Å². The second kappa shape index (κ2) is 6.35. The molecule has 0 unspecified atom stereocenters. The average molecular weight is 226 g/mol. The van der Waals surface area contributed by atoms with Crippen LogP contribution in [0.3, 0.4) is 0 Å². The van der Waals surface area contributed by atoms with Crippen LogP contribution in [0, 0.1) is 11.8 Å². The third-order valence-corrected chi connectivity index (χ3v) is 3.27. The van der Waals surface area contributed by atoms with E-state index in [1.54, 1.807) is 7.05 Å². The Bertz CT molecular complexity index is 257. The summed E-state index contributed by atoms with van der Waals surface area (Å²) in [5.74, 6) is 1.40. The summed E-state index contributed by atoms with van der Waals surface area (Å²) in [5.41, 5.74) is 5.29. The minimum Gasteiger partial charge on any atom is -0.369 e. The number of carbonyl (C=O) groups excluding carboxylic acids is 1. The van der Waals surface area contributed by atoms with Gasteiger partial charge in [0.25, 0.3) is 0 Å². The second-order valence-corrected chi connectivity index (χ2v) is 4.32. The SMILES string of the molecule is CN=C(NC)NCC1CCC(C(N)=O)CC1. The van der Waals surface area contributed by atoms with E-state index in [-0.39, 0.29) is 11.8 Å². The molecular formula is C11H22N4O. The van der Waals surface area contributed by atoms with Crippen molar-refractivity contribution < 1.29 is 4.79 Å². The summed E-state index contributed by atoms with van der Waals surface area (Å²) in [7, 11) is 3.60. The molecule has 0 aliphatic heterocycles. The molecule has 0 aromatic heterocycles. The topological polar surface area (TPSA) is 79.5 Å². The molecule has 0 saturated heterocycles. The van der Waals surface area contributed by atoms with Crippen LogP contribution in [0.5, 0.6) is 0 Å². The number of nitrogens with zero attached hydrogens (tertiary/aromatic N) is 1. The largest absolute Gasteiger partial charge is 0.369 e. The number of hydrogen-bond acceptors (Lipinski definition) is 2. The first-order chi connectivity index (χ1) is 7.67. The third kappa shape index (κ3) is 3.72. The van der Waals surface area contributed by atoms with Crippen molar-refractivity contribution in [1.29, 1.82) is 0 Å². The number of carbonyl (C=O) groups is 1. The first-order valence-electron chi connectivity index (χ1n) is 5.85. The van der Waals surface area contributed by atoms with Crippen molar-refractivity contribution in [3.05, 3.63) is 0 Å². The molecule has 1 rings (SSSR count). The summed E-state index contributed by atoms with van der Waals surface area (Å²) in [6, 6.07) is 0. The molecule has 5 nitrogen and oxygen atoms in total. The first kappa shape index (κ1) is 12.8. The van der Waals surface area contributed by atoms with Crippen LogP contribution in [0.4, 0.5) is 0 Å². The van der Waals surface area contributed by atoms with Gasteiger partial charge >= 0.3 is 0 Å². The quantitative estimate of drug-likeness (QED) is 0.471. The minimum absolute atomic E-state index is 0.0971. The lowest BCUT2D eigenvalue weighted by molar-refractivity contribution is -0.122. The van der Waals surface area contributed by atoms with Gasteiger partial charge in [0.2, 0.25) is 5.91 Å². The smallest absolute Gasteiger partial charge is 0.220 e. The van der Waals surface area contributed by atoms with Crippen LogP contribution in [-0.2, 0) is 4.79 Å². The van der Waals surface area contributed by atoms with E-state index >= 15 is 0 Å². The lowest BCUT2D eigenvalue weighted by Gasteiger charge is -2.27. The number of amides is 1. The summed E-state index contributed by atoms with van der Waals surface area (Å²) in [4.78, 5) is 15.1. The predicted molar refractivity (Wildman–Crippen MR) is 65.1 cm³/mol. The number of hydrogen-bond donors (Lipinski definition) is 3. The van der Waals surface area contributed by atoms with Crippen LogP contribution in [-0.4, -0.2) is 32.5 Å². The van der Waals surface area contributed by atoms with E-state index in [1.165, 1.54) is 0 Å². The van der Waals surface area contributed by atoms with E-state index in [0.717, 1.165) is 38.2 Å². The Balaban J connectivity index is 2.24. The zero-order valence-electron chi connectivity index (χ0n) is 10.1. The Hall–Kier alpha value is -1.26. The Kier molecular flexibility index (Phi) is 5.08. The van der Waals surface area contributed by atoms with Crippen LogP contribution >= 0.6 is 0 Å². The van der Waals surface area contributed by atoms with Gasteiger partial charge in [0.15, 0.2) is 5.96 Å².